The number of methoxy groups -OCH3 is 2. The van der Waals surface area contributed by atoms with Crippen LogP contribution < -0.4 is 14.8 Å². The molecule has 2 aromatic rings. The lowest BCUT2D eigenvalue weighted by molar-refractivity contribution is 0.410. The molecular formula is C16H19NO3. The van der Waals surface area contributed by atoms with Gasteiger partial charge in [-0.2, -0.15) is 0 Å². The molecule has 2 rings (SSSR count). The molecule has 0 bridgehead atoms. The lowest BCUT2D eigenvalue weighted by Crippen LogP contribution is -2.07. The van der Waals surface area contributed by atoms with E-state index in [-0.39, 0.29) is 11.8 Å². The van der Waals surface area contributed by atoms with Gasteiger partial charge in [-0.3, -0.25) is 0 Å². The molecule has 4 heteroatoms. The standard InChI is InChI=1S/C16H19NO3/c1-11(15-10-14(20-3)8-9-16(15)18)17-12-4-6-13(19-2)7-5-12/h4-11,17-18H,1-3H3. The second-order valence-electron chi connectivity index (χ2n) is 4.52. The third kappa shape index (κ3) is 3.15. The second-order valence-corrected chi connectivity index (χ2v) is 4.52. The molecule has 0 fully saturated rings. The summed E-state index contributed by atoms with van der Waals surface area (Å²) >= 11 is 0. The maximum absolute atomic E-state index is 9.95. The number of anilines is 1. The predicted octanol–water partition coefficient (Wildman–Crippen LogP) is 3.58. The van der Waals surface area contributed by atoms with Gasteiger partial charge >= 0.3 is 0 Å². The van der Waals surface area contributed by atoms with Gasteiger partial charge in [0.25, 0.3) is 0 Å². The van der Waals surface area contributed by atoms with E-state index in [1.54, 1.807) is 26.4 Å². The molecule has 0 saturated carbocycles. The molecule has 20 heavy (non-hydrogen) atoms. The van der Waals surface area contributed by atoms with Crippen LogP contribution in [0.5, 0.6) is 17.2 Å². The molecule has 0 aliphatic rings. The number of rotatable bonds is 5. The first-order valence-corrected chi connectivity index (χ1v) is 6.41. The molecule has 0 aliphatic heterocycles. The fourth-order valence-electron chi connectivity index (χ4n) is 2.02. The van der Waals surface area contributed by atoms with E-state index in [4.69, 9.17) is 9.47 Å². The molecule has 2 aromatic carbocycles. The van der Waals surface area contributed by atoms with E-state index >= 15 is 0 Å². The molecule has 0 radical (unpaired) electrons. The highest BCUT2D eigenvalue weighted by atomic mass is 16.5. The van der Waals surface area contributed by atoms with Crippen LogP contribution in [0, 0.1) is 0 Å². The zero-order valence-corrected chi connectivity index (χ0v) is 11.9. The first kappa shape index (κ1) is 14.1. The molecule has 2 N–H and O–H groups in total. The number of benzene rings is 2. The zero-order valence-electron chi connectivity index (χ0n) is 11.9. The average Bonchev–Trinajstić information content (AvgIpc) is 2.48. The Morgan fingerprint density at radius 3 is 2.15 bits per heavy atom. The topological polar surface area (TPSA) is 50.7 Å². The molecule has 1 unspecified atom stereocenters. The minimum Gasteiger partial charge on any atom is -0.508 e. The Balaban J connectivity index is 2.16. The fourth-order valence-corrected chi connectivity index (χ4v) is 2.02. The van der Waals surface area contributed by atoms with Crippen molar-refractivity contribution in [2.24, 2.45) is 0 Å². The molecule has 1 atom stereocenters. The third-order valence-corrected chi connectivity index (χ3v) is 3.17. The van der Waals surface area contributed by atoms with Crippen molar-refractivity contribution in [2.75, 3.05) is 19.5 Å². The van der Waals surface area contributed by atoms with Gasteiger partial charge in [0.15, 0.2) is 0 Å². The number of phenolic OH excluding ortho intramolecular Hbond substituents is 1. The summed E-state index contributed by atoms with van der Waals surface area (Å²) < 4.78 is 10.3. The normalized spacial score (nSPS) is 11.8. The van der Waals surface area contributed by atoms with E-state index < -0.39 is 0 Å². The largest absolute Gasteiger partial charge is 0.508 e. The number of nitrogens with one attached hydrogen (secondary N) is 1. The average molecular weight is 273 g/mol. The SMILES string of the molecule is COc1ccc(NC(C)c2cc(OC)ccc2O)cc1. The summed E-state index contributed by atoms with van der Waals surface area (Å²) in [6.07, 6.45) is 0. The Bertz CT molecular complexity index is 566. The molecule has 106 valence electrons. The van der Waals surface area contributed by atoms with Gasteiger partial charge in [0.1, 0.15) is 17.2 Å². The molecule has 0 saturated heterocycles. The lowest BCUT2D eigenvalue weighted by Gasteiger charge is -2.18. The first-order valence-electron chi connectivity index (χ1n) is 6.41. The van der Waals surface area contributed by atoms with Crippen LogP contribution in [0.1, 0.15) is 18.5 Å². The van der Waals surface area contributed by atoms with E-state index in [2.05, 4.69) is 5.32 Å². The van der Waals surface area contributed by atoms with Gasteiger partial charge in [0, 0.05) is 11.3 Å². The number of aromatic hydroxyl groups is 1. The van der Waals surface area contributed by atoms with Gasteiger partial charge in [-0.25, -0.2) is 0 Å². The molecule has 0 aromatic heterocycles. The molecule has 0 heterocycles. The minimum atomic E-state index is -0.0431. The second kappa shape index (κ2) is 6.19. The zero-order chi connectivity index (χ0) is 14.5. The Labute approximate surface area is 119 Å². The molecule has 4 nitrogen and oxygen atoms in total. The van der Waals surface area contributed by atoms with Gasteiger partial charge < -0.3 is 19.9 Å². The summed E-state index contributed by atoms with van der Waals surface area (Å²) in [4.78, 5) is 0. The summed E-state index contributed by atoms with van der Waals surface area (Å²) in [5.41, 5.74) is 1.75. The smallest absolute Gasteiger partial charge is 0.121 e. The lowest BCUT2D eigenvalue weighted by atomic mass is 10.1. The summed E-state index contributed by atoms with van der Waals surface area (Å²) in [5, 5.41) is 13.3. The van der Waals surface area contributed by atoms with Crippen molar-refractivity contribution in [1.82, 2.24) is 0 Å². The highest BCUT2D eigenvalue weighted by molar-refractivity contribution is 5.50. The molecule has 0 aliphatic carbocycles. The summed E-state index contributed by atoms with van der Waals surface area (Å²) in [7, 11) is 3.25. The van der Waals surface area contributed by atoms with Gasteiger partial charge in [-0.1, -0.05) is 0 Å². The summed E-state index contributed by atoms with van der Waals surface area (Å²) in [6, 6.07) is 12.8. The highest BCUT2D eigenvalue weighted by Crippen LogP contribution is 2.30. The summed E-state index contributed by atoms with van der Waals surface area (Å²) in [6.45, 7) is 1.98. The van der Waals surface area contributed by atoms with Crippen LogP contribution in [0.2, 0.25) is 0 Å². The van der Waals surface area contributed by atoms with Crippen LogP contribution in [0.25, 0.3) is 0 Å². The van der Waals surface area contributed by atoms with E-state index in [0.717, 1.165) is 22.7 Å². The number of hydrogen-bond acceptors (Lipinski definition) is 4. The van der Waals surface area contributed by atoms with Crippen molar-refractivity contribution in [2.45, 2.75) is 13.0 Å². The highest BCUT2D eigenvalue weighted by Gasteiger charge is 2.11. The minimum absolute atomic E-state index is 0.0431. The molecule has 0 amide bonds. The van der Waals surface area contributed by atoms with Crippen LogP contribution in [-0.4, -0.2) is 19.3 Å². The third-order valence-electron chi connectivity index (χ3n) is 3.17. The number of ether oxygens (including phenoxy) is 2. The van der Waals surface area contributed by atoms with Crippen molar-refractivity contribution >= 4 is 5.69 Å². The van der Waals surface area contributed by atoms with E-state index in [9.17, 15) is 5.11 Å². The number of phenols is 1. The Hall–Kier alpha value is -2.36. The maximum atomic E-state index is 9.95. The monoisotopic (exact) mass is 273 g/mol. The Kier molecular flexibility index (Phi) is 4.35. The van der Waals surface area contributed by atoms with Crippen LogP contribution in [0.3, 0.4) is 0 Å². The van der Waals surface area contributed by atoms with Crippen LogP contribution >= 0.6 is 0 Å². The van der Waals surface area contributed by atoms with E-state index in [1.807, 2.05) is 37.3 Å². The first-order chi connectivity index (χ1) is 9.63. The van der Waals surface area contributed by atoms with Gasteiger partial charge in [0.2, 0.25) is 0 Å². The maximum Gasteiger partial charge on any atom is 0.121 e. The van der Waals surface area contributed by atoms with Crippen molar-refractivity contribution in [3.05, 3.63) is 48.0 Å². The van der Waals surface area contributed by atoms with Crippen molar-refractivity contribution < 1.29 is 14.6 Å². The Morgan fingerprint density at radius 2 is 1.55 bits per heavy atom. The van der Waals surface area contributed by atoms with Gasteiger partial charge in [-0.15, -0.1) is 0 Å². The Morgan fingerprint density at radius 1 is 0.950 bits per heavy atom. The van der Waals surface area contributed by atoms with E-state index in [1.165, 1.54) is 0 Å². The van der Waals surface area contributed by atoms with Gasteiger partial charge in [0.05, 0.1) is 20.3 Å². The number of hydrogen-bond donors (Lipinski definition) is 2. The van der Waals surface area contributed by atoms with Crippen molar-refractivity contribution in [1.29, 1.82) is 0 Å². The van der Waals surface area contributed by atoms with Crippen LogP contribution in [0.4, 0.5) is 5.69 Å². The summed E-state index contributed by atoms with van der Waals surface area (Å²) in [5.74, 6) is 1.79. The van der Waals surface area contributed by atoms with Crippen molar-refractivity contribution in [3.8, 4) is 17.2 Å². The quantitative estimate of drug-likeness (QED) is 0.874. The fraction of sp³-hybridized carbons (Fsp3) is 0.250. The van der Waals surface area contributed by atoms with Crippen LogP contribution in [-0.2, 0) is 0 Å². The van der Waals surface area contributed by atoms with Crippen LogP contribution in [0.15, 0.2) is 42.5 Å². The van der Waals surface area contributed by atoms with Crippen molar-refractivity contribution in [3.63, 3.8) is 0 Å². The molecule has 0 spiro atoms. The van der Waals surface area contributed by atoms with Gasteiger partial charge in [-0.05, 0) is 49.4 Å². The van der Waals surface area contributed by atoms with E-state index in [0.29, 0.717) is 0 Å². The predicted molar refractivity (Wildman–Crippen MR) is 79.7 cm³/mol. The molecular weight excluding hydrogens is 254 g/mol.